The number of carbonyl (C=O) groups is 2. The van der Waals surface area contributed by atoms with Crippen LogP contribution in [0.15, 0.2) is 59.5 Å². The van der Waals surface area contributed by atoms with E-state index in [0.29, 0.717) is 5.75 Å². The number of ketones is 1. The zero-order chi connectivity index (χ0) is 23.7. The molecule has 1 aliphatic heterocycles. The van der Waals surface area contributed by atoms with Gasteiger partial charge in [0.25, 0.3) is 11.7 Å². The van der Waals surface area contributed by atoms with Gasteiger partial charge in [0.2, 0.25) is 0 Å². The van der Waals surface area contributed by atoms with Crippen LogP contribution in [0.5, 0.6) is 11.5 Å². The third kappa shape index (κ3) is 4.07. The number of ether oxygens (including phenoxy) is 2. The molecule has 0 saturated carbocycles. The molecule has 1 amide bonds. The summed E-state index contributed by atoms with van der Waals surface area (Å²) in [5, 5.41) is 13.3. The summed E-state index contributed by atoms with van der Waals surface area (Å²) in [4.78, 5) is 28.2. The van der Waals surface area contributed by atoms with Gasteiger partial charge in [-0.25, -0.2) is 4.39 Å². The first-order valence-corrected chi connectivity index (χ1v) is 11.1. The molecule has 0 bridgehead atoms. The van der Waals surface area contributed by atoms with Crippen molar-refractivity contribution in [3.63, 3.8) is 0 Å². The molecular weight excluding hydrogens is 469 g/mol. The molecule has 1 aliphatic rings. The van der Waals surface area contributed by atoms with E-state index >= 15 is 0 Å². The van der Waals surface area contributed by atoms with Gasteiger partial charge < -0.3 is 19.5 Å². The number of likely N-dealkylation sites (tertiary alicyclic amines) is 1. The van der Waals surface area contributed by atoms with E-state index in [-0.39, 0.29) is 34.0 Å². The summed E-state index contributed by atoms with van der Waals surface area (Å²) in [6.07, 6.45) is 0. The van der Waals surface area contributed by atoms with Crippen LogP contribution >= 0.6 is 22.9 Å². The number of hydrogen-bond acceptors (Lipinski definition) is 6. The van der Waals surface area contributed by atoms with Crippen molar-refractivity contribution >= 4 is 40.4 Å². The first-order valence-electron chi connectivity index (χ1n) is 9.84. The number of Topliss-reactive ketones (excluding diaryl/α,β-unsaturated/α-hetero) is 1. The molecule has 1 aromatic heterocycles. The van der Waals surface area contributed by atoms with E-state index in [4.69, 9.17) is 21.1 Å². The predicted octanol–water partition coefficient (Wildman–Crippen LogP) is 5.18. The molecular formula is C24H19ClFNO5S. The van der Waals surface area contributed by atoms with Crippen molar-refractivity contribution in [2.45, 2.75) is 12.6 Å². The largest absolute Gasteiger partial charge is 0.507 e. The van der Waals surface area contributed by atoms with Gasteiger partial charge in [-0.1, -0.05) is 35.9 Å². The number of hydrogen-bond donors (Lipinski definition) is 1. The Hall–Kier alpha value is -3.36. The quantitative estimate of drug-likeness (QED) is 0.294. The van der Waals surface area contributed by atoms with Crippen LogP contribution < -0.4 is 9.47 Å². The van der Waals surface area contributed by atoms with Gasteiger partial charge in [0, 0.05) is 16.5 Å². The van der Waals surface area contributed by atoms with Gasteiger partial charge in [0.15, 0.2) is 0 Å². The minimum Gasteiger partial charge on any atom is -0.507 e. The number of benzene rings is 2. The van der Waals surface area contributed by atoms with Crippen LogP contribution in [-0.4, -0.2) is 35.9 Å². The van der Waals surface area contributed by atoms with Crippen LogP contribution in [0, 0.1) is 5.82 Å². The molecule has 0 spiro atoms. The summed E-state index contributed by atoms with van der Waals surface area (Å²) in [5.74, 6) is -2.41. The van der Waals surface area contributed by atoms with Gasteiger partial charge in [-0.2, -0.15) is 0 Å². The Bertz CT molecular complexity index is 1260. The molecule has 1 fully saturated rings. The molecule has 1 N–H and O–H groups in total. The fourth-order valence-electron chi connectivity index (χ4n) is 3.82. The predicted molar refractivity (Wildman–Crippen MR) is 123 cm³/mol. The number of thiophene rings is 1. The van der Waals surface area contributed by atoms with Crippen molar-refractivity contribution in [2.75, 3.05) is 14.2 Å². The molecule has 2 aromatic carbocycles. The number of methoxy groups -OCH3 is 2. The smallest absolute Gasteiger partial charge is 0.295 e. The Morgan fingerprint density at radius 1 is 1.12 bits per heavy atom. The standard InChI is InChI=1S/C24H19ClFNO5S/c1-31-18-11-19(32-2)16(25)10-15(18)22(28)20-21(14-7-3-4-8-17(14)26)27(24(30)23(20)29)12-13-6-5-9-33-13/h3-11,21,28H,12H2,1-2H3/b22-20+. The van der Waals surface area contributed by atoms with Crippen LogP contribution in [-0.2, 0) is 16.1 Å². The second-order valence-electron chi connectivity index (χ2n) is 7.21. The fourth-order valence-corrected chi connectivity index (χ4v) is 4.77. The maximum Gasteiger partial charge on any atom is 0.295 e. The highest BCUT2D eigenvalue weighted by Crippen LogP contribution is 2.44. The Morgan fingerprint density at radius 3 is 2.48 bits per heavy atom. The maximum absolute atomic E-state index is 14.9. The topological polar surface area (TPSA) is 76.1 Å². The van der Waals surface area contributed by atoms with Crippen molar-refractivity contribution in [2.24, 2.45) is 0 Å². The summed E-state index contributed by atoms with van der Waals surface area (Å²) >= 11 is 7.64. The number of carbonyl (C=O) groups excluding carboxylic acids is 2. The highest BCUT2D eigenvalue weighted by atomic mass is 35.5. The lowest BCUT2D eigenvalue weighted by Crippen LogP contribution is -2.29. The molecule has 4 rings (SSSR count). The molecule has 1 unspecified atom stereocenters. The van der Waals surface area contributed by atoms with Gasteiger partial charge >= 0.3 is 0 Å². The molecule has 170 valence electrons. The number of amides is 1. The van der Waals surface area contributed by atoms with E-state index < -0.39 is 29.3 Å². The first-order chi connectivity index (χ1) is 15.9. The minimum atomic E-state index is -1.14. The Labute approximate surface area is 198 Å². The lowest BCUT2D eigenvalue weighted by atomic mass is 9.94. The van der Waals surface area contributed by atoms with Crippen molar-refractivity contribution in [3.05, 3.63) is 86.3 Å². The van der Waals surface area contributed by atoms with E-state index in [9.17, 15) is 19.1 Å². The third-order valence-corrected chi connectivity index (χ3v) is 6.53. The Kier molecular flexibility index (Phi) is 6.40. The molecule has 1 saturated heterocycles. The number of aliphatic hydroxyl groups is 1. The van der Waals surface area contributed by atoms with Crippen LogP contribution in [0.1, 0.15) is 22.0 Å². The molecule has 0 aliphatic carbocycles. The molecule has 33 heavy (non-hydrogen) atoms. The molecule has 6 nitrogen and oxygen atoms in total. The highest BCUT2D eigenvalue weighted by Gasteiger charge is 2.47. The SMILES string of the molecule is COc1cc(OC)c(/C(O)=C2\C(=O)C(=O)N(Cc3cccs3)C2c2ccccc2F)cc1Cl. The van der Waals surface area contributed by atoms with Gasteiger partial charge in [0.05, 0.1) is 43.0 Å². The van der Waals surface area contributed by atoms with Crippen LogP contribution in [0.25, 0.3) is 5.76 Å². The number of halogens is 2. The summed E-state index contributed by atoms with van der Waals surface area (Å²) in [6, 6.07) is 11.2. The zero-order valence-electron chi connectivity index (χ0n) is 17.7. The van der Waals surface area contributed by atoms with Crippen molar-refractivity contribution in [1.29, 1.82) is 0 Å². The molecule has 0 radical (unpaired) electrons. The van der Waals surface area contributed by atoms with Crippen LogP contribution in [0.2, 0.25) is 5.02 Å². The monoisotopic (exact) mass is 487 g/mol. The normalized spacial score (nSPS) is 17.5. The second kappa shape index (κ2) is 9.25. The van der Waals surface area contributed by atoms with Crippen molar-refractivity contribution in [3.8, 4) is 11.5 Å². The van der Waals surface area contributed by atoms with Crippen molar-refractivity contribution in [1.82, 2.24) is 4.90 Å². The summed E-state index contributed by atoms with van der Waals surface area (Å²) in [7, 11) is 2.80. The van der Waals surface area contributed by atoms with Crippen LogP contribution in [0.3, 0.4) is 0 Å². The van der Waals surface area contributed by atoms with E-state index in [1.54, 1.807) is 6.07 Å². The van der Waals surface area contributed by atoms with E-state index in [1.165, 1.54) is 60.8 Å². The van der Waals surface area contributed by atoms with Crippen molar-refractivity contribution < 1.29 is 28.6 Å². The molecule has 1 atom stereocenters. The fraction of sp³-hybridized carbons (Fsp3) is 0.167. The number of aliphatic hydroxyl groups excluding tert-OH is 1. The second-order valence-corrected chi connectivity index (χ2v) is 8.65. The minimum absolute atomic E-state index is 0.0819. The lowest BCUT2D eigenvalue weighted by Gasteiger charge is -2.25. The maximum atomic E-state index is 14.9. The Morgan fingerprint density at radius 2 is 1.85 bits per heavy atom. The van der Waals surface area contributed by atoms with E-state index in [0.717, 1.165) is 4.88 Å². The van der Waals surface area contributed by atoms with E-state index in [1.807, 2.05) is 17.5 Å². The molecule has 9 heteroatoms. The average Bonchev–Trinajstić information content (AvgIpc) is 3.41. The number of rotatable bonds is 6. The van der Waals surface area contributed by atoms with Crippen LogP contribution in [0.4, 0.5) is 4.39 Å². The van der Waals surface area contributed by atoms with Gasteiger partial charge in [0.1, 0.15) is 23.1 Å². The first kappa shape index (κ1) is 22.8. The number of nitrogens with zero attached hydrogens (tertiary/aromatic N) is 1. The lowest BCUT2D eigenvalue weighted by molar-refractivity contribution is -0.140. The average molecular weight is 488 g/mol. The van der Waals surface area contributed by atoms with E-state index in [2.05, 4.69) is 0 Å². The van der Waals surface area contributed by atoms with Gasteiger partial charge in [-0.3, -0.25) is 9.59 Å². The zero-order valence-corrected chi connectivity index (χ0v) is 19.2. The summed E-state index contributed by atoms with van der Waals surface area (Å²) in [6.45, 7) is 0.0819. The van der Waals surface area contributed by atoms with Gasteiger partial charge in [-0.05, 0) is 23.6 Å². The summed E-state index contributed by atoms with van der Waals surface area (Å²) < 4.78 is 25.4. The molecule has 2 heterocycles. The Balaban J connectivity index is 1.94. The summed E-state index contributed by atoms with van der Waals surface area (Å²) in [5.41, 5.74) is -0.0756. The third-order valence-electron chi connectivity index (χ3n) is 5.38. The molecule has 3 aromatic rings. The van der Waals surface area contributed by atoms with Gasteiger partial charge in [-0.15, -0.1) is 11.3 Å². The highest BCUT2D eigenvalue weighted by molar-refractivity contribution is 7.09.